The Kier molecular flexibility index (Phi) is 6.11. The highest BCUT2D eigenvalue weighted by Gasteiger charge is 2.27. The minimum absolute atomic E-state index is 0.0979. The van der Waals surface area contributed by atoms with Gasteiger partial charge in [-0.15, -0.1) is 15.3 Å². The lowest BCUT2D eigenvalue weighted by Gasteiger charge is -2.36. The number of benzene rings is 2. The number of halogens is 1. The van der Waals surface area contributed by atoms with Crippen molar-refractivity contribution in [2.24, 2.45) is 5.92 Å². The lowest BCUT2D eigenvalue weighted by Crippen LogP contribution is -2.47. The van der Waals surface area contributed by atoms with Crippen molar-refractivity contribution < 1.29 is 4.39 Å². The summed E-state index contributed by atoms with van der Waals surface area (Å²) >= 11 is 0. The van der Waals surface area contributed by atoms with Crippen LogP contribution in [0, 0.1) is 11.7 Å². The summed E-state index contributed by atoms with van der Waals surface area (Å²) in [4.78, 5) is 8.97. The molecular weight excluding hydrogens is 493 g/mol. The molecule has 3 aliphatic rings. The van der Waals surface area contributed by atoms with Crippen LogP contribution in [-0.2, 0) is 12.8 Å². The Morgan fingerprint density at radius 1 is 0.949 bits per heavy atom. The van der Waals surface area contributed by atoms with Gasteiger partial charge in [-0.05, 0) is 73.4 Å². The SMILES string of the molecule is Nc1nc(Nc2ccc(N3CCN(CC4CC4)CC3)c(F)c2)n(-c2cc3c(nn2)-c2ccccc2CCC3)n1. The minimum Gasteiger partial charge on any atom is -0.367 e. The molecule has 9 nitrogen and oxygen atoms in total. The fourth-order valence-corrected chi connectivity index (χ4v) is 5.75. The van der Waals surface area contributed by atoms with E-state index in [1.807, 2.05) is 24.3 Å². The average Bonchev–Trinajstić information content (AvgIpc) is 3.72. The van der Waals surface area contributed by atoms with E-state index in [0.717, 1.165) is 68.2 Å². The Bertz CT molecular complexity index is 1500. The molecule has 0 spiro atoms. The zero-order valence-electron chi connectivity index (χ0n) is 21.9. The van der Waals surface area contributed by atoms with Crippen molar-refractivity contribution in [1.29, 1.82) is 0 Å². The van der Waals surface area contributed by atoms with Crippen molar-refractivity contribution in [2.45, 2.75) is 32.1 Å². The van der Waals surface area contributed by atoms with Gasteiger partial charge in [-0.2, -0.15) is 9.67 Å². The van der Waals surface area contributed by atoms with Gasteiger partial charge in [0.25, 0.3) is 0 Å². The van der Waals surface area contributed by atoms with Crippen LogP contribution in [0.15, 0.2) is 48.5 Å². The number of aryl methyl sites for hydroxylation is 2. The van der Waals surface area contributed by atoms with Gasteiger partial charge in [0, 0.05) is 44.0 Å². The predicted octanol–water partition coefficient (Wildman–Crippen LogP) is 4.21. The first-order valence-corrected chi connectivity index (χ1v) is 13.8. The number of rotatable bonds is 6. The Morgan fingerprint density at radius 2 is 1.77 bits per heavy atom. The van der Waals surface area contributed by atoms with E-state index in [4.69, 9.17) is 5.73 Å². The smallest absolute Gasteiger partial charge is 0.241 e. The summed E-state index contributed by atoms with van der Waals surface area (Å²) in [6.07, 6.45) is 5.64. The highest BCUT2D eigenvalue weighted by Crippen LogP contribution is 2.33. The van der Waals surface area contributed by atoms with Gasteiger partial charge in [-0.1, -0.05) is 24.3 Å². The molecule has 10 heteroatoms. The average molecular weight is 526 g/mol. The molecule has 2 fully saturated rings. The van der Waals surface area contributed by atoms with Crippen LogP contribution in [0.4, 0.5) is 27.7 Å². The lowest BCUT2D eigenvalue weighted by molar-refractivity contribution is 0.247. The number of aromatic nitrogens is 5. The second-order valence-corrected chi connectivity index (χ2v) is 10.8. The van der Waals surface area contributed by atoms with E-state index >= 15 is 4.39 Å². The fraction of sp³-hybridized carbons (Fsp3) is 0.379. The first-order valence-electron chi connectivity index (χ1n) is 13.8. The van der Waals surface area contributed by atoms with Gasteiger partial charge in [0.05, 0.1) is 11.4 Å². The first-order chi connectivity index (χ1) is 19.1. The zero-order valence-corrected chi connectivity index (χ0v) is 21.9. The molecule has 0 radical (unpaired) electrons. The molecule has 0 unspecified atom stereocenters. The number of anilines is 4. The molecule has 2 aromatic heterocycles. The number of nitrogens with one attached hydrogen (secondary N) is 1. The first kappa shape index (κ1) is 24.0. The predicted molar refractivity (Wildman–Crippen MR) is 150 cm³/mol. The van der Waals surface area contributed by atoms with Crippen LogP contribution in [0.25, 0.3) is 17.1 Å². The molecule has 3 N–H and O–H groups in total. The van der Waals surface area contributed by atoms with Crippen molar-refractivity contribution in [3.8, 4) is 17.1 Å². The van der Waals surface area contributed by atoms with Crippen LogP contribution < -0.4 is 16.0 Å². The van der Waals surface area contributed by atoms with Crippen LogP contribution in [0.1, 0.15) is 30.4 Å². The summed E-state index contributed by atoms with van der Waals surface area (Å²) in [5, 5.41) is 16.6. The van der Waals surface area contributed by atoms with Crippen molar-refractivity contribution in [3.05, 3.63) is 65.5 Å². The maximum absolute atomic E-state index is 15.2. The van der Waals surface area contributed by atoms with Crippen molar-refractivity contribution >= 4 is 23.3 Å². The molecular formula is C29H32FN9. The van der Waals surface area contributed by atoms with Gasteiger partial charge in [0.15, 0.2) is 5.82 Å². The van der Waals surface area contributed by atoms with Gasteiger partial charge in [0.1, 0.15) is 5.82 Å². The van der Waals surface area contributed by atoms with E-state index in [0.29, 0.717) is 23.1 Å². The summed E-state index contributed by atoms with van der Waals surface area (Å²) in [6, 6.07) is 15.5. The van der Waals surface area contributed by atoms with Crippen LogP contribution in [0.5, 0.6) is 0 Å². The second kappa shape index (κ2) is 9.92. The number of fused-ring (bicyclic) bond motifs is 3. The summed E-state index contributed by atoms with van der Waals surface area (Å²) in [7, 11) is 0. The minimum atomic E-state index is -0.266. The molecule has 7 rings (SSSR count). The van der Waals surface area contributed by atoms with Gasteiger partial charge in [0.2, 0.25) is 11.9 Å². The molecule has 0 bridgehead atoms. The zero-order chi connectivity index (χ0) is 26.3. The normalized spacial score (nSPS) is 17.4. The number of piperazine rings is 1. The number of hydrogen-bond donors (Lipinski definition) is 2. The standard InChI is InChI=1S/C29H32FN9/c30-24-17-22(10-11-25(24)38-14-12-37(13-15-38)18-19-8-9-19)32-29-33-28(31)36-39(29)26-16-21-6-3-5-20-4-1-2-7-23(20)27(21)35-34-26/h1-2,4,7,10-11,16-17,19H,3,5-6,8-9,12-15,18H2,(H3,31,32,33,36). The molecule has 3 heterocycles. The van der Waals surface area contributed by atoms with Crippen LogP contribution in [0.2, 0.25) is 0 Å². The highest BCUT2D eigenvalue weighted by molar-refractivity contribution is 5.68. The maximum atomic E-state index is 15.2. The van der Waals surface area contributed by atoms with E-state index in [-0.39, 0.29) is 11.8 Å². The number of nitrogen functional groups attached to an aromatic ring is 1. The summed E-state index contributed by atoms with van der Waals surface area (Å²) < 4.78 is 16.8. The molecule has 1 saturated carbocycles. The van der Waals surface area contributed by atoms with E-state index in [1.54, 1.807) is 0 Å². The van der Waals surface area contributed by atoms with E-state index in [9.17, 15) is 0 Å². The molecule has 4 aromatic rings. The van der Waals surface area contributed by atoms with Crippen LogP contribution in [-0.4, -0.2) is 62.6 Å². The number of hydrogen-bond acceptors (Lipinski definition) is 8. The molecule has 200 valence electrons. The third-order valence-electron chi connectivity index (χ3n) is 8.00. The van der Waals surface area contributed by atoms with Gasteiger partial charge in [-0.3, -0.25) is 4.90 Å². The maximum Gasteiger partial charge on any atom is 0.241 e. The molecule has 2 aliphatic carbocycles. The molecule has 39 heavy (non-hydrogen) atoms. The van der Waals surface area contributed by atoms with Gasteiger partial charge < -0.3 is 16.0 Å². The third-order valence-corrected chi connectivity index (χ3v) is 8.00. The Hall–Kier alpha value is -4.05. The molecule has 2 aromatic carbocycles. The Balaban J connectivity index is 1.11. The van der Waals surface area contributed by atoms with Crippen molar-refractivity contribution in [1.82, 2.24) is 29.9 Å². The van der Waals surface area contributed by atoms with Gasteiger partial charge >= 0.3 is 0 Å². The summed E-state index contributed by atoms with van der Waals surface area (Å²) in [6.45, 7) is 4.81. The molecule has 0 amide bonds. The third kappa shape index (κ3) is 4.92. The summed E-state index contributed by atoms with van der Waals surface area (Å²) in [5.41, 5.74) is 11.6. The van der Waals surface area contributed by atoms with Gasteiger partial charge in [-0.25, -0.2) is 4.39 Å². The van der Waals surface area contributed by atoms with E-state index in [1.165, 1.54) is 35.7 Å². The summed E-state index contributed by atoms with van der Waals surface area (Å²) in [5.74, 6) is 1.58. The van der Waals surface area contributed by atoms with Crippen molar-refractivity contribution in [2.75, 3.05) is 48.7 Å². The van der Waals surface area contributed by atoms with Crippen molar-refractivity contribution in [3.63, 3.8) is 0 Å². The Morgan fingerprint density at radius 3 is 2.59 bits per heavy atom. The fourth-order valence-electron chi connectivity index (χ4n) is 5.75. The van der Waals surface area contributed by atoms with Crippen LogP contribution >= 0.6 is 0 Å². The largest absolute Gasteiger partial charge is 0.367 e. The Labute approximate surface area is 226 Å². The number of nitrogens with two attached hydrogens (primary N) is 1. The number of nitrogens with zero attached hydrogens (tertiary/aromatic N) is 7. The monoisotopic (exact) mass is 525 g/mol. The molecule has 1 saturated heterocycles. The highest BCUT2D eigenvalue weighted by atomic mass is 19.1. The molecule has 0 atom stereocenters. The van der Waals surface area contributed by atoms with E-state index < -0.39 is 0 Å². The molecule has 1 aliphatic heterocycles. The topological polar surface area (TPSA) is 101 Å². The quantitative estimate of drug-likeness (QED) is 0.386. The lowest BCUT2D eigenvalue weighted by atomic mass is 10.0. The van der Waals surface area contributed by atoms with E-state index in [2.05, 4.69) is 53.6 Å². The second-order valence-electron chi connectivity index (χ2n) is 10.8. The van der Waals surface area contributed by atoms with Crippen LogP contribution in [0.3, 0.4) is 0 Å².